The van der Waals surface area contributed by atoms with Crippen molar-refractivity contribution in [1.29, 1.82) is 0 Å². The van der Waals surface area contributed by atoms with Crippen LogP contribution in [0.25, 0.3) is 0 Å². The van der Waals surface area contributed by atoms with Crippen molar-refractivity contribution in [3.8, 4) is 0 Å². The first-order valence-corrected chi connectivity index (χ1v) is 13.0. The lowest BCUT2D eigenvalue weighted by Crippen LogP contribution is -2.41. The molecule has 0 aliphatic heterocycles. The molecule has 0 aromatic heterocycles. The van der Waals surface area contributed by atoms with Gasteiger partial charge in [0.05, 0.1) is 6.10 Å². The molecule has 30 heavy (non-hydrogen) atoms. The molecule has 0 aromatic carbocycles. The molecule has 0 bridgehead atoms. The van der Waals surface area contributed by atoms with Crippen molar-refractivity contribution in [3.05, 3.63) is 34.9 Å². The largest absolute Gasteiger partial charge is 0.393 e. The second kappa shape index (κ2) is 8.27. The smallest absolute Gasteiger partial charge is 0.0578 e. The molecule has 4 aliphatic carbocycles. The van der Waals surface area contributed by atoms with Crippen molar-refractivity contribution < 1.29 is 5.11 Å². The van der Waals surface area contributed by atoms with Crippen molar-refractivity contribution in [2.24, 2.45) is 40.4 Å². The topological polar surface area (TPSA) is 20.2 Å². The molecular formula is C29H46O. The number of rotatable bonds is 6. The normalized spacial score (nSPS) is 40.0. The number of hydrogen-bond donors (Lipinski definition) is 1. The van der Waals surface area contributed by atoms with Crippen molar-refractivity contribution in [1.82, 2.24) is 0 Å². The van der Waals surface area contributed by atoms with Gasteiger partial charge in [0.25, 0.3) is 0 Å². The highest BCUT2D eigenvalue weighted by Crippen LogP contribution is 2.64. The van der Waals surface area contributed by atoms with E-state index < -0.39 is 0 Å². The molecule has 168 valence electrons. The van der Waals surface area contributed by atoms with Crippen LogP contribution in [0.3, 0.4) is 0 Å². The van der Waals surface area contributed by atoms with E-state index in [0.717, 1.165) is 48.9 Å². The Bertz CT molecular complexity index is 739. The standard InChI is InChI=1S/C29H46O/c1-7-21(19(2)3)9-8-20(4)25-12-13-26-24-11-10-22-18-23(30)14-16-28(22,5)27(24)15-17-29(25,26)6/h10-11,15,19-21,23,25-26,30H,7-9,12-14,16-18H2,1-6H3/t20-,21-,23+,25?,26?,28?,29?/m1/s1. The van der Waals surface area contributed by atoms with E-state index in [9.17, 15) is 5.11 Å². The fourth-order valence-electron chi connectivity index (χ4n) is 8.01. The third-order valence-electron chi connectivity index (χ3n) is 10.2. The van der Waals surface area contributed by atoms with E-state index in [1.54, 1.807) is 11.1 Å². The van der Waals surface area contributed by atoms with Gasteiger partial charge in [-0.15, -0.1) is 0 Å². The molecule has 1 heteroatoms. The molecule has 0 aromatic rings. The van der Waals surface area contributed by atoms with Gasteiger partial charge in [0.2, 0.25) is 0 Å². The van der Waals surface area contributed by atoms with Crippen LogP contribution in [0.2, 0.25) is 0 Å². The van der Waals surface area contributed by atoms with Gasteiger partial charge >= 0.3 is 0 Å². The van der Waals surface area contributed by atoms with Crippen LogP contribution in [0.15, 0.2) is 34.9 Å². The van der Waals surface area contributed by atoms with Crippen LogP contribution in [-0.2, 0) is 0 Å². The molecule has 7 atom stereocenters. The number of aliphatic hydroxyl groups is 1. The average Bonchev–Trinajstić information content (AvgIpc) is 3.06. The minimum Gasteiger partial charge on any atom is -0.393 e. The summed E-state index contributed by atoms with van der Waals surface area (Å²) in [6.45, 7) is 14.8. The molecule has 4 unspecified atom stereocenters. The van der Waals surface area contributed by atoms with Gasteiger partial charge in [-0.1, -0.05) is 78.2 Å². The number of hydrogen-bond acceptors (Lipinski definition) is 1. The second-order valence-electron chi connectivity index (χ2n) is 12.1. The summed E-state index contributed by atoms with van der Waals surface area (Å²) < 4.78 is 0. The zero-order chi connectivity index (χ0) is 21.7. The lowest BCUT2D eigenvalue weighted by Gasteiger charge is -2.50. The summed E-state index contributed by atoms with van der Waals surface area (Å²) in [5.74, 6) is 4.13. The predicted octanol–water partition coefficient (Wildman–Crippen LogP) is 7.87. The zero-order valence-corrected chi connectivity index (χ0v) is 20.5. The first-order chi connectivity index (χ1) is 14.2. The highest BCUT2D eigenvalue weighted by molar-refractivity contribution is 5.53. The van der Waals surface area contributed by atoms with Gasteiger partial charge in [0, 0.05) is 5.41 Å². The average molecular weight is 411 g/mol. The van der Waals surface area contributed by atoms with Crippen LogP contribution in [0.1, 0.15) is 99.3 Å². The van der Waals surface area contributed by atoms with Crippen molar-refractivity contribution >= 4 is 0 Å². The minimum absolute atomic E-state index is 0.136. The first-order valence-electron chi connectivity index (χ1n) is 13.0. The molecule has 1 N–H and O–H groups in total. The molecule has 0 spiro atoms. The minimum atomic E-state index is -0.136. The Kier molecular flexibility index (Phi) is 6.17. The Morgan fingerprint density at radius 3 is 2.53 bits per heavy atom. The number of aliphatic hydroxyl groups excluding tert-OH is 1. The van der Waals surface area contributed by atoms with Gasteiger partial charge in [-0.05, 0) is 91.1 Å². The van der Waals surface area contributed by atoms with Gasteiger partial charge in [-0.2, -0.15) is 0 Å². The predicted molar refractivity (Wildman–Crippen MR) is 128 cm³/mol. The van der Waals surface area contributed by atoms with E-state index >= 15 is 0 Å². The molecule has 4 aliphatic rings. The highest BCUT2D eigenvalue weighted by atomic mass is 16.3. The highest BCUT2D eigenvalue weighted by Gasteiger charge is 2.54. The summed E-state index contributed by atoms with van der Waals surface area (Å²) >= 11 is 0. The van der Waals surface area contributed by atoms with E-state index in [4.69, 9.17) is 0 Å². The summed E-state index contributed by atoms with van der Waals surface area (Å²) in [5, 5.41) is 10.2. The molecule has 2 saturated carbocycles. The Labute approximate surface area is 186 Å². The van der Waals surface area contributed by atoms with Crippen LogP contribution in [0.5, 0.6) is 0 Å². The molecule has 4 rings (SSSR count). The van der Waals surface area contributed by atoms with E-state index in [0.29, 0.717) is 5.41 Å². The molecule has 0 radical (unpaired) electrons. The van der Waals surface area contributed by atoms with Crippen LogP contribution in [0.4, 0.5) is 0 Å². The van der Waals surface area contributed by atoms with Crippen LogP contribution in [0, 0.1) is 40.4 Å². The summed E-state index contributed by atoms with van der Waals surface area (Å²) in [6.07, 6.45) is 18.5. The lowest BCUT2D eigenvalue weighted by atomic mass is 9.54. The van der Waals surface area contributed by atoms with Crippen LogP contribution >= 0.6 is 0 Å². The van der Waals surface area contributed by atoms with Crippen molar-refractivity contribution in [2.75, 3.05) is 0 Å². The van der Waals surface area contributed by atoms with Crippen LogP contribution in [-0.4, -0.2) is 11.2 Å². The fraction of sp³-hybridized carbons (Fsp3) is 0.793. The third kappa shape index (κ3) is 3.58. The monoisotopic (exact) mass is 410 g/mol. The van der Waals surface area contributed by atoms with Gasteiger partial charge in [0.15, 0.2) is 0 Å². The molecule has 2 fully saturated rings. The number of fused-ring (bicyclic) bond motifs is 5. The Hall–Kier alpha value is -0.820. The maximum atomic E-state index is 10.2. The van der Waals surface area contributed by atoms with Crippen molar-refractivity contribution in [3.63, 3.8) is 0 Å². The Morgan fingerprint density at radius 2 is 1.83 bits per heavy atom. The summed E-state index contributed by atoms with van der Waals surface area (Å²) in [7, 11) is 0. The van der Waals surface area contributed by atoms with Gasteiger partial charge < -0.3 is 5.11 Å². The molecule has 0 amide bonds. The van der Waals surface area contributed by atoms with E-state index in [-0.39, 0.29) is 11.5 Å². The van der Waals surface area contributed by atoms with Gasteiger partial charge in [-0.25, -0.2) is 0 Å². The summed E-state index contributed by atoms with van der Waals surface area (Å²) in [4.78, 5) is 0. The quantitative estimate of drug-likeness (QED) is 0.472. The number of allylic oxidation sites excluding steroid dienone is 5. The van der Waals surface area contributed by atoms with Crippen LogP contribution < -0.4 is 0 Å². The summed E-state index contributed by atoms with van der Waals surface area (Å²) in [6, 6.07) is 0. The maximum absolute atomic E-state index is 10.2. The zero-order valence-electron chi connectivity index (χ0n) is 20.5. The maximum Gasteiger partial charge on any atom is 0.0578 e. The molecular weight excluding hydrogens is 364 g/mol. The molecule has 0 heterocycles. The SMILES string of the molecule is CC[C@H](CC[C@@H](C)C1CCC2C3=CC=C4C[C@@H](O)CCC4(C)C3=CCC21C)C(C)C. The second-order valence-corrected chi connectivity index (χ2v) is 12.1. The Balaban J connectivity index is 1.54. The first kappa shape index (κ1) is 22.4. The lowest BCUT2D eigenvalue weighted by molar-refractivity contribution is 0.105. The van der Waals surface area contributed by atoms with E-state index in [1.165, 1.54) is 44.1 Å². The van der Waals surface area contributed by atoms with E-state index in [1.807, 2.05) is 0 Å². The van der Waals surface area contributed by atoms with Gasteiger partial charge in [0.1, 0.15) is 0 Å². The molecule has 0 saturated heterocycles. The fourth-order valence-corrected chi connectivity index (χ4v) is 8.01. The third-order valence-corrected chi connectivity index (χ3v) is 10.2. The Morgan fingerprint density at radius 1 is 1.07 bits per heavy atom. The molecule has 1 nitrogen and oxygen atoms in total. The van der Waals surface area contributed by atoms with Crippen molar-refractivity contribution in [2.45, 2.75) is 105 Å². The van der Waals surface area contributed by atoms with Gasteiger partial charge in [-0.3, -0.25) is 0 Å². The van der Waals surface area contributed by atoms with E-state index in [2.05, 4.69) is 59.8 Å². The summed E-state index contributed by atoms with van der Waals surface area (Å²) in [5.41, 5.74) is 5.38.